The third-order valence-electron chi connectivity index (χ3n) is 7.11. The Morgan fingerprint density at radius 1 is 0.652 bits per heavy atom. The van der Waals surface area contributed by atoms with Crippen LogP contribution in [0.25, 0.3) is 0 Å². The maximum absolute atomic E-state index is 12.2. The first kappa shape index (κ1) is 35.2. The summed E-state index contributed by atoms with van der Waals surface area (Å²) in [5, 5.41) is 0. The van der Waals surface area contributed by atoms with E-state index in [0.29, 0.717) is 5.56 Å². The molecule has 1 aromatic rings. The number of hydrogen-bond donors (Lipinski definition) is 0. The smallest absolute Gasteiger partial charge is 0.303 e. The fraction of sp³-hybridized carbons (Fsp3) is 0.633. The lowest BCUT2D eigenvalue weighted by Gasteiger charge is -2.48. The lowest BCUT2D eigenvalue weighted by atomic mass is 9.96. The van der Waals surface area contributed by atoms with Gasteiger partial charge >= 0.3 is 29.8 Å². The van der Waals surface area contributed by atoms with E-state index < -0.39 is 104 Å². The van der Waals surface area contributed by atoms with Crippen molar-refractivity contribution in [2.45, 2.75) is 102 Å². The number of carbonyl (C=O) groups is 5. The molecule has 0 aliphatic carbocycles. The van der Waals surface area contributed by atoms with Gasteiger partial charge in [0.05, 0.1) is 13.2 Å². The largest absolute Gasteiger partial charge is 0.456 e. The molecule has 254 valence electrons. The molecule has 0 N–H and O–H groups in total. The van der Waals surface area contributed by atoms with Crippen LogP contribution in [0.15, 0.2) is 30.3 Å². The van der Waals surface area contributed by atoms with Crippen LogP contribution in [0.1, 0.15) is 46.5 Å². The molecule has 0 bridgehead atoms. The summed E-state index contributed by atoms with van der Waals surface area (Å²) in [4.78, 5) is 60.5. The van der Waals surface area contributed by atoms with Gasteiger partial charge in [0.15, 0.2) is 49.4 Å². The highest BCUT2D eigenvalue weighted by atomic mass is 16.8. The Balaban J connectivity index is 1.61. The molecule has 3 fully saturated rings. The molecule has 0 radical (unpaired) electrons. The zero-order valence-electron chi connectivity index (χ0n) is 26.2. The van der Waals surface area contributed by atoms with E-state index in [-0.39, 0.29) is 6.61 Å². The fourth-order valence-electron chi connectivity index (χ4n) is 5.47. The standard InChI is InChI=1S/C30H38O16/c1-14(31)39-22-20(44-29(36-6)26(42-17(4)34)24(22)40-15(2)32)13-38-30-27(43-18(5)35)25(41-16(3)33)23-21(45-30)12-37-28(46-23)19-10-8-7-9-11-19/h7-11,20-30H,12-13H2,1-6H3/t20-,21-,22-,23-,24+,25+,26-,27+,28-,29+,30-/m1/s1. The second-order valence-electron chi connectivity index (χ2n) is 10.7. The average molecular weight is 655 g/mol. The Hall–Kier alpha value is -3.67. The molecular weight excluding hydrogens is 616 g/mol. The maximum Gasteiger partial charge on any atom is 0.303 e. The van der Waals surface area contributed by atoms with Gasteiger partial charge in [0.25, 0.3) is 0 Å². The van der Waals surface area contributed by atoms with Crippen LogP contribution in [-0.4, -0.2) is 112 Å². The molecule has 0 amide bonds. The fourth-order valence-corrected chi connectivity index (χ4v) is 5.47. The van der Waals surface area contributed by atoms with Gasteiger partial charge in [0.2, 0.25) is 0 Å². The van der Waals surface area contributed by atoms with E-state index in [1.807, 2.05) is 18.2 Å². The summed E-state index contributed by atoms with van der Waals surface area (Å²) < 4.78 is 62.9. The molecule has 0 spiro atoms. The van der Waals surface area contributed by atoms with Gasteiger partial charge in [-0.05, 0) is 0 Å². The lowest BCUT2D eigenvalue weighted by Crippen LogP contribution is -2.65. The molecule has 46 heavy (non-hydrogen) atoms. The van der Waals surface area contributed by atoms with Crippen LogP contribution in [0, 0.1) is 0 Å². The molecule has 16 nitrogen and oxygen atoms in total. The number of hydrogen-bond acceptors (Lipinski definition) is 16. The minimum Gasteiger partial charge on any atom is -0.456 e. The topological polar surface area (TPSA) is 187 Å². The molecule has 11 atom stereocenters. The number of rotatable bonds is 10. The molecule has 3 heterocycles. The van der Waals surface area contributed by atoms with Gasteiger partial charge < -0.3 is 52.1 Å². The summed E-state index contributed by atoms with van der Waals surface area (Å²) in [5.41, 5.74) is 0.706. The molecule has 1 aromatic carbocycles. The Morgan fingerprint density at radius 2 is 1.17 bits per heavy atom. The average Bonchev–Trinajstić information content (AvgIpc) is 2.98. The summed E-state index contributed by atoms with van der Waals surface area (Å²) in [7, 11) is 1.27. The monoisotopic (exact) mass is 654 g/mol. The summed E-state index contributed by atoms with van der Waals surface area (Å²) in [5.74, 6) is -3.66. The van der Waals surface area contributed by atoms with Gasteiger partial charge in [-0.2, -0.15) is 0 Å². The molecule has 0 unspecified atom stereocenters. The van der Waals surface area contributed by atoms with E-state index in [4.69, 9.17) is 52.1 Å². The molecule has 3 aliphatic heterocycles. The molecule has 3 aliphatic rings. The number of ether oxygens (including phenoxy) is 11. The predicted octanol–water partition coefficient (Wildman–Crippen LogP) is 0.872. The third-order valence-corrected chi connectivity index (χ3v) is 7.11. The summed E-state index contributed by atoms with van der Waals surface area (Å²) in [6, 6.07) is 9.06. The second-order valence-corrected chi connectivity index (χ2v) is 10.7. The van der Waals surface area contributed by atoms with Crippen molar-refractivity contribution < 1.29 is 76.1 Å². The summed E-state index contributed by atoms with van der Waals surface area (Å²) >= 11 is 0. The van der Waals surface area contributed by atoms with Crippen LogP contribution >= 0.6 is 0 Å². The van der Waals surface area contributed by atoms with E-state index in [1.54, 1.807) is 12.1 Å². The quantitative estimate of drug-likeness (QED) is 0.255. The Bertz CT molecular complexity index is 1240. The van der Waals surface area contributed by atoms with Crippen LogP contribution in [0.3, 0.4) is 0 Å². The van der Waals surface area contributed by atoms with Gasteiger partial charge in [0.1, 0.15) is 18.3 Å². The number of carbonyl (C=O) groups excluding carboxylic acids is 5. The van der Waals surface area contributed by atoms with Crippen LogP contribution < -0.4 is 0 Å². The first-order chi connectivity index (χ1) is 21.9. The second kappa shape index (κ2) is 15.8. The zero-order valence-corrected chi connectivity index (χ0v) is 26.2. The minimum absolute atomic E-state index is 0.00498. The van der Waals surface area contributed by atoms with Gasteiger partial charge in [-0.15, -0.1) is 0 Å². The number of esters is 5. The first-order valence-electron chi connectivity index (χ1n) is 14.5. The van der Waals surface area contributed by atoms with Crippen molar-refractivity contribution in [2.24, 2.45) is 0 Å². The number of methoxy groups -OCH3 is 1. The van der Waals surface area contributed by atoms with Crippen LogP contribution in [0.4, 0.5) is 0 Å². The van der Waals surface area contributed by atoms with Crippen molar-refractivity contribution in [2.75, 3.05) is 20.3 Å². The highest BCUT2D eigenvalue weighted by molar-refractivity contribution is 5.69. The number of fused-ring (bicyclic) bond motifs is 1. The van der Waals surface area contributed by atoms with Crippen molar-refractivity contribution in [3.05, 3.63) is 35.9 Å². The normalized spacial score (nSPS) is 33.9. The molecule has 0 saturated carbocycles. The highest BCUT2D eigenvalue weighted by Crippen LogP contribution is 2.37. The van der Waals surface area contributed by atoms with E-state index in [0.717, 1.165) is 27.7 Å². The molecular formula is C30H38O16. The van der Waals surface area contributed by atoms with Crippen LogP contribution in [-0.2, 0) is 76.1 Å². The van der Waals surface area contributed by atoms with Gasteiger partial charge in [0, 0.05) is 47.3 Å². The first-order valence-corrected chi connectivity index (χ1v) is 14.5. The van der Waals surface area contributed by atoms with E-state index in [2.05, 4.69) is 0 Å². The van der Waals surface area contributed by atoms with Gasteiger partial charge in [-0.3, -0.25) is 24.0 Å². The molecule has 16 heteroatoms. The molecule has 0 aromatic heterocycles. The van der Waals surface area contributed by atoms with Crippen molar-refractivity contribution in [3.63, 3.8) is 0 Å². The lowest BCUT2D eigenvalue weighted by molar-refractivity contribution is -0.368. The van der Waals surface area contributed by atoms with Crippen LogP contribution in [0.5, 0.6) is 0 Å². The Kier molecular flexibility index (Phi) is 12.0. The van der Waals surface area contributed by atoms with Gasteiger partial charge in [-0.25, -0.2) is 0 Å². The SMILES string of the molecule is CO[C@H]1O[C@H](CO[C@@H]2O[C@@H]3CO[C@@H](c4ccccc4)O[C@H]3[C@H](OC(C)=O)[C@@H]2OC(C)=O)[C@@H](OC(C)=O)[C@H](OC(C)=O)[C@H]1OC(C)=O. The Labute approximate surface area is 264 Å². The van der Waals surface area contributed by atoms with E-state index in [1.165, 1.54) is 14.0 Å². The minimum atomic E-state index is -1.38. The third kappa shape index (κ3) is 8.77. The van der Waals surface area contributed by atoms with Crippen molar-refractivity contribution in [1.29, 1.82) is 0 Å². The molecule has 4 rings (SSSR count). The van der Waals surface area contributed by atoms with Gasteiger partial charge in [-0.1, -0.05) is 30.3 Å². The van der Waals surface area contributed by atoms with Crippen molar-refractivity contribution in [1.82, 2.24) is 0 Å². The Morgan fingerprint density at radius 3 is 1.74 bits per heavy atom. The van der Waals surface area contributed by atoms with Crippen molar-refractivity contribution in [3.8, 4) is 0 Å². The maximum atomic E-state index is 12.2. The number of benzene rings is 1. The van der Waals surface area contributed by atoms with E-state index >= 15 is 0 Å². The summed E-state index contributed by atoms with van der Waals surface area (Å²) in [6.45, 7) is 5.31. The zero-order chi connectivity index (χ0) is 33.5. The molecule has 3 saturated heterocycles. The predicted molar refractivity (Wildman–Crippen MR) is 148 cm³/mol. The van der Waals surface area contributed by atoms with Crippen molar-refractivity contribution >= 4 is 29.8 Å². The van der Waals surface area contributed by atoms with Crippen LogP contribution in [0.2, 0.25) is 0 Å². The highest BCUT2D eigenvalue weighted by Gasteiger charge is 2.56. The summed E-state index contributed by atoms with van der Waals surface area (Å²) in [6.07, 6.45) is -13.0. The van der Waals surface area contributed by atoms with E-state index in [9.17, 15) is 24.0 Å².